The van der Waals surface area contributed by atoms with Gasteiger partial charge in [-0.25, -0.2) is 0 Å². The predicted molar refractivity (Wildman–Crippen MR) is 49.5 cm³/mol. The van der Waals surface area contributed by atoms with Crippen LogP contribution >= 0.6 is 0 Å². The first-order valence-corrected chi connectivity index (χ1v) is 4.88. The summed E-state index contributed by atoms with van der Waals surface area (Å²) in [4.78, 5) is 11.6. The van der Waals surface area contributed by atoms with Crippen LogP contribution in [-0.4, -0.2) is 30.2 Å². The molecule has 1 N–H and O–H groups in total. The number of aliphatic hydroxyl groups is 1. The van der Waals surface area contributed by atoms with Gasteiger partial charge in [0.05, 0.1) is 6.61 Å². The van der Waals surface area contributed by atoms with E-state index < -0.39 is 5.60 Å². The molecule has 0 bridgehead atoms. The Hall–Kier alpha value is -0.410. The van der Waals surface area contributed by atoms with E-state index in [1.807, 2.05) is 0 Å². The zero-order valence-corrected chi connectivity index (χ0v) is 8.38. The molecule has 1 rings (SSSR count). The molecule has 1 atom stereocenters. The Morgan fingerprint density at radius 3 is 2.54 bits per heavy atom. The highest BCUT2D eigenvalue weighted by molar-refractivity contribution is 5.87. The van der Waals surface area contributed by atoms with Gasteiger partial charge in [0.25, 0.3) is 0 Å². The standard InChI is InChI=1S/C10H18O3/c1-3-9(12)10(7-11,13-2)6-8-4-5-8/h8,11H,3-7H2,1-2H3. The Bertz CT molecular complexity index is 181. The smallest absolute Gasteiger partial charge is 0.166 e. The van der Waals surface area contributed by atoms with E-state index in [-0.39, 0.29) is 12.4 Å². The lowest BCUT2D eigenvalue weighted by atomic mass is 9.91. The molecule has 1 aliphatic carbocycles. The third-order valence-corrected chi connectivity index (χ3v) is 2.79. The van der Waals surface area contributed by atoms with Gasteiger partial charge in [0.15, 0.2) is 5.78 Å². The molecule has 0 saturated heterocycles. The summed E-state index contributed by atoms with van der Waals surface area (Å²) in [6.45, 7) is 1.62. The average molecular weight is 186 g/mol. The number of ketones is 1. The molecule has 0 radical (unpaired) electrons. The summed E-state index contributed by atoms with van der Waals surface area (Å²) in [6.07, 6.45) is 3.46. The number of carbonyl (C=O) groups excluding carboxylic acids is 1. The van der Waals surface area contributed by atoms with Crippen molar-refractivity contribution in [2.75, 3.05) is 13.7 Å². The number of carbonyl (C=O) groups is 1. The summed E-state index contributed by atoms with van der Waals surface area (Å²) < 4.78 is 5.19. The van der Waals surface area contributed by atoms with Gasteiger partial charge in [0, 0.05) is 13.5 Å². The first-order chi connectivity index (χ1) is 6.18. The van der Waals surface area contributed by atoms with E-state index >= 15 is 0 Å². The monoisotopic (exact) mass is 186 g/mol. The summed E-state index contributed by atoms with van der Waals surface area (Å²) in [5.41, 5.74) is -0.907. The lowest BCUT2D eigenvalue weighted by molar-refractivity contribution is -0.147. The van der Waals surface area contributed by atoms with Crippen molar-refractivity contribution in [1.82, 2.24) is 0 Å². The summed E-state index contributed by atoms with van der Waals surface area (Å²) in [5, 5.41) is 9.21. The van der Waals surface area contributed by atoms with Crippen LogP contribution in [0.5, 0.6) is 0 Å². The number of ether oxygens (including phenoxy) is 1. The predicted octanol–water partition coefficient (Wildman–Crippen LogP) is 1.14. The highest BCUT2D eigenvalue weighted by Crippen LogP contribution is 2.38. The van der Waals surface area contributed by atoms with E-state index in [4.69, 9.17) is 4.74 Å². The third kappa shape index (κ3) is 2.29. The lowest BCUT2D eigenvalue weighted by Gasteiger charge is -2.28. The molecular weight excluding hydrogens is 168 g/mol. The van der Waals surface area contributed by atoms with Gasteiger partial charge in [-0.05, 0) is 12.3 Å². The Balaban J connectivity index is 2.63. The zero-order chi connectivity index (χ0) is 9.90. The number of methoxy groups -OCH3 is 1. The van der Waals surface area contributed by atoms with Gasteiger partial charge in [-0.3, -0.25) is 4.79 Å². The molecule has 13 heavy (non-hydrogen) atoms. The lowest BCUT2D eigenvalue weighted by Crippen LogP contribution is -2.44. The maximum atomic E-state index is 11.6. The number of hydrogen-bond donors (Lipinski definition) is 1. The van der Waals surface area contributed by atoms with Gasteiger partial charge in [-0.1, -0.05) is 19.8 Å². The van der Waals surface area contributed by atoms with Crippen molar-refractivity contribution < 1.29 is 14.6 Å². The second kappa shape index (κ2) is 4.20. The molecule has 3 heteroatoms. The second-order valence-corrected chi connectivity index (χ2v) is 3.78. The maximum Gasteiger partial charge on any atom is 0.166 e. The first-order valence-electron chi connectivity index (χ1n) is 4.88. The minimum Gasteiger partial charge on any atom is -0.393 e. The SMILES string of the molecule is CCC(=O)C(CO)(CC1CC1)OC. The summed E-state index contributed by atoms with van der Waals surface area (Å²) >= 11 is 0. The fourth-order valence-corrected chi connectivity index (χ4v) is 1.64. The van der Waals surface area contributed by atoms with E-state index in [1.165, 1.54) is 20.0 Å². The number of rotatable bonds is 6. The molecule has 0 spiro atoms. The van der Waals surface area contributed by atoms with Crippen LogP contribution in [0.25, 0.3) is 0 Å². The van der Waals surface area contributed by atoms with E-state index in [9.17, 15) is 9.90 Å². The van der Waals surface area contributed by atoms with E-state index in [0.717, 1.165) is 0 Å². The van der Waals surface area contributed by atoms with Crippen LogP contribution in [-0.2, 0) is 9.53 Å². The molecule has 0 heterocycles. The molecule has 1 saturated carbocycles. The molecular formula is C10H18O3. The van der Waals surface area contributed by atoms with Crippen molar-refractivity contribution >= 4 is 5.78 Å². The first kappa shape index (κ1) is 10.7. The second-order valence-electron chi connectivity index (χ2n) is 3.78. The number of Topliss-reactive ketones (excluding diaryl/α,β-unsaturated/α-hetero) is 1. The normalized spacial score (nSPS) is 21.2. The molecule has 3 nitrogen and oxygen atoms in total. The largest absolute Gasteiger partial charge is 0.393 e. The average Bonchev–Trinajstić information content (AvgIpc) is 2.97. The van der Waals surface area contributed by atoms with Gasteiger partial charge in [0.2, 0.25) is 0 Å². The van der Waals surface area contributed by atoms with Gasteiger partial charge in [-0.2, -0.15) is 0 Å². The number of hydrogen-bond acceptors (Lipinski definition) is 3. The van der Waals surface area contributed by atoms with Crippen molar-refractivity contribution in [2.45, 2.75) is 38.2 Å². The van der Waals surface area contributed by atoms with Crippen molar-refractivity contribution in [1.29, 1.82) is 0 Å². The van der Waals surface area contributed by atoms with Crippen LogP contribution in [0.4, 0.5) is 0 Å². The van der Waals surface area contributed by atoms with Crippen molar-refractivity contribution in [3.05, 3.63) is 0 Å². The van der Waals surface area contributed by atoms with E-state index in [2.05, 4.69) is 0 Å². The number of aliphatic hydroxyl groups excluding tert-OH is 1. The Morgan fingerprint density at radius 1 is 1.62 bits per heavy atom. The fourth-order valence-electron chi connectivity index (χ4n) is 1.64. The van der Waals surface area contributed by atoms with Gasteiger partial charge < -0.3 is 9.84 Å². The third-order valence-electron chi connectivity index (χ3n) is 2.79. The molecule has 0 amide bonds. The highest BCUT2D eigenvalue weighted by Gasteiger charge is 2.41. The topological polar surface area (TPSA) is 46.5 Å². The Labute approximate surface area is 79.1 Å². The summed E-state index contributed by atoms with van der Waals surface area (Å²) in [7, 11) is 1.51. The van der Waals surface area contributed by atoms with Gasteiger partial charge >= 0.3 is 0 Å². The Kier molecular flexibility index (Phi) is 3.45. The van der Waals surface area contributed by atoms with Crippen molar-refractivity contribution in [2.24, 2.45) is 5.92 Å². The minimum atomic E-state index is -0.907. The maximum absolute atomic E-state index is 11.6. The molecule has 0 aromatic rings. The van der Waals surface area contributed by atoms with Crippen molar-refractivity contribution in [3.8, 4) is 0 Å². The highest BCUT2D eigenvalue weighted by atomic mass is 16.5. The van der Waals surface area contributed by atoms with E-state index in [0.29, 0.717) is 18.8 Å². The van der Waals surface area contributed by atoms with Crippen LogP contribution in [0.2, 0.25) is 0 Å². The minimum absolute atomic E-state index is 0.0180. The quantitative estimate of drug-likeness (QED) is 0.676. The molecule has 1 aliphatic rings. The summed E-state index contributed by atoms with van der Waals surface area (Å²) in [6, 6.07) is 0. The fraction of sp³-hybridized carbons (Fsp3) is 0.900. The van der Waals surface area contributed by atoms with Crippen molar-refractivity contribution in [3.63, 3.8) is 0 Å². The van der Waals surface area contributed by atoms with Crippen LogP contribution < -0.4 is 0 Å². The van der Waals surface area contributed by atoms with Crippen LogP contribution in [0.3, 0.4) is 0 Å². The Morgan fingerprint density at radius 2 is 2.23 bits per heavy atom. The van der Waals surface area contributed by atoms with Gasteiger partial charge in [-0.15, -0.1) is 0 Å². The van der Waals surface area contributed by atoms with Gasteiger partial charge in [0.1, 0.15) is 5.60 Å². The van der Waals surface area contributed by atoms with Crippen LogP contribution in [0.15, 0.2) is 0 Å². The molecule has 0 aromatic heterocycles. The molecule has 0 aromatic carbocycles. The molecule has 0 aliphatic heterocycles. The molecule has 1 fully saturated rings. The van der Waals surface area contributed by atoms with Crippen LogP contribution in [0.1, 0.15) is 32.6 Å². The molecule has 1 unspecified atom stereocenters. The van der Waals surface area contributed by atoms with E-state index in [1.54, 1.807) is 6.92 Å². The van der Waals surface area contributed by atoms with Crippen LogP contribution in [0, 0.1) is 5.92 Å². The summed E-state index contributed by atoms with van der Waals surface area (Å²) in [5.74, 6) is 0.604. The zero-order valence-electron chi connectivity index (χ0n) is 8.38. The molecule has 76 valence electrons.